The molecule has 0 bridgehead atoms. The fourth-order valence-corrected chi connectivity index (χ4v) is 4.39. The molecule has 2 atom stereocenters. The highest BCUT2D eigenvalue weighted by atomic mass is 19.1. The third-order valence-electron chi connectivity index (χ3n) is 5.94. The zero-order valence-electron chi connectivity index (χ0n) is 15.3. The number of allylic oxidation sites excluding steroid dienone is 2. The van der Waals surface area contributed by atoms with Gasteiger partial charge in [-0.1, -0.05) is 25.5 Å². The third kappa shape index (κ3) is 2.59. The second-order valence-corrected chi connectivity index (χ2v) is 8.35. The molecule has 4 rings (SSSR count). The van der Waals surface area contributed by atoms with Crippen molar-refractivity contribution in [3.05, 3.63) is 46.9 Å². The van der Waals surface area contributed by atoms with Crippen LogP contribution in [0.25, 0.3) is 10.9 Å². The van der Waals surface area contributed by atoms with Crippen LogP contribution >= 0.6 is 0 Å². The van der Waals surface area contributed by atoms with Gasteiger partial charge in [-0.2, -0.15) is 0 Å². The molecule has 1 aromatic heterocycles. The second-order valence-electron chi connectivity index (χ2n) is 8.35. The summed E-state index contributed by atoms with van der Waals surface area (Å²) in [6.07, 6.45) is 3.04. The number of nitrogens with one attached hydrogen (secondary N) is 1. The Labute approximate surface area is 147 Å². The highest BCUT2D eigenvalue weighted by Gasteiger charge is 2.61. The van der Waals surface area contributed by atoms with Gasteiger partial charge in [0, 0.05) is 41.7 Å². The number of H-pyrrole nitrogens is 1. The number of amides is 1. The van der Waals surface area contributed by atoms with Gasteiger partial charge in [0.05, 0.1) is 5.92 Å². The summed E-state index contributed by atoms with van der Waals surface area (Å²) < 4.78 is 13.7. The quantitative estimate of drug-likeness (QED) is 0.807. The van der Waals surface area contributed by atoms with Gasteiger partial charge in [0.2, 0.25) is 5.91 Å². The van der Waals surface area contributed by atoms with Crippen LogP contribution in [0.2, 0.25) is 0 Å². The molecule has 2 unspecified atom stereocenters. The van der Waals surface area contributed by atoms with Gasteiger partial charge in [0.15, 0.2) is 0 Å². The molecule has 1 fully saturated rings. The van der Waals surface area contributed by atoms with E-state index in [4.69, 9.17) is 0 Å². The molecule has 3 nitrogen and oxygen atoms in total. The summed E-state index contributed by atoms with van der Waals surface area (Å²) in [6.45, 7) is 9.83. The highest BCUT2D eigenvalue weighted by molar-refractivity contribution is 5.88. The first-order valence-electron chi connectivity index (χ1n) is 9.02. The average molecular weight is 340 g/mol. The van der Waals surface area contributed by atoms with E-state index in [1.807, 2.05) is 4.90 Å². The van der Waals surface area contributed by atoms with Crippen LogP contribution in [0.5, 0.6) is 0 Å². The molecule has 2 aliphatic rings. The third-order valence-corrected chi connectivity index (χ3v) is 5.94. The van der Waals surface area contributed by atoms with Crippen molar-refractivity contribution in [1.82, 2.24) is 9.88 Å². The predicted molar refractivity (Wildman–Crippen MR) is 97.6 cm³/mol. The van der Waals surface area contributed by atoms with Crippen LogP contribution in [0.3, 0.4) is 0 Å². The molecular weight excluding hydrogens is 315 g/mol. The largest absolute Gasteiger partial charge is 0.358 e. The van der Waals surface area contributed by atoms with Gasteiger partial charge in [0.25, 0.3) is 0 Å². The maximum Gasteiger partial charge on any atom is 0.227 e. The highest BCUT2D eigenvalue weighted by Crippen LogP contribution is 2.60. The number of aromatic amines is 1. The molecule has 4 heteroatoms. The van der Waals surface area contributed by atoms with Gasteiger partial charge in [0.1, 0.15) is 5.82 Å². The van der Waals surface area contributed by atoms with Crippen LogP contribution in [0.1, 0.15) is 39.0 Å². The van der Waals surface area contributed by atoms with Gasteiger partial charge < -0.3 is 9.88 Å². The van der Waals surface area contributed by atoms with Crippen LogP contribution in [0.4, 0.5) is 4.39 Å². The molecule has 1 saturated carbocycles. The summed E-state index contributed by atoms with van der Waals surface area (Å²) in [5.74, 6) is 0.395. The molecule has 1 amide bonds. The Bertz CT molecular complexity index is 889. The van der Waals surface area contributed by atoms with Crippen molar-refractivity contribution >= 4 is 16.8 Å². The smallest absolute Gasteiger partial charge is 0.227 e. The number of halogens is 1. The Kier molecular flexibility index (Phi) is 3.57. The standard InChI is InChI=1S/C21H25FN2O/c1-12(2)9-16-19(21(16,3)4)20(25)24-8-7-18-15(11-24)14-10-13(22)5-6-17(14)23-18/h5-6,9-10,16,19,23H,7-8,11H2,1-4H3. The van der Waals surface area contributed by atoms with Crippen molar-refractivity contribution in [3.8, 4) is 0 Å². The van der Waals surface area contributed by atoms with Crippen molar-refractivity contribution in [2.24, 2.45) is 17.3 Å². The van der Waals surface area contributed by atoms with Gasteiger partial charge in [-0.05, 0) is 43.4 Å². The molecule has 1 aromatic carbocycles. The van der Waals surface area contributed by atoms with E-state index in [1.165, 1.54) is 11.6 Å². The van der Waals surface area contributed by atoms with Gasteiger partial charge in [-0.3, -0.25) is 4.79 Å². The first-order valence-corrected chi connectivity index (χ1v) is 9.02. The first-order chi connectivity index (χ1) is 11.8. The fourth-order valence-electron chi connectivity index (χ4n) is 4.39. The Morgan fingerprint density at radius 3 is 2.84 bits per heavy atom. The van der Waals surface area contributed by atoms with E-state index in [2.05, 4.69) is 38.8 Å². The predicted octanol–water partition coefficient (Wildman–Crippen LogP) is 4.43. The molecule has 132 valence electrons. The van der Waals surface area contributed by atoms with Gasteiger partial charge in [-0.25, -0.2) is 4.39 Å². The Hall–Kier alpha value is -2.10. The lowest BCUT2D eigenvalue weighted by atomic mass is 10.0. The normalized spacial score (nSPS) is 24.1. The second kappa shape index (κ2) is 5.45. The van der Waals surface area contributed by atoms with Crippen molar-refractivity contribution in [3.63, 3.8) is 0 Å². The Morgan fingerprint density at radius 2 is 2.12 bits per heavy atom. The van der Waals surface area contributed by atoms with Crippen LogP contribution in [-0.4, -0.2) is 22.3 Å². The number of fused-ring (bicyclic) bond motifs is 3. The number of hydrogen-bond acceptors (Lipinski definition) is 1. The van der Waals surface area contributed by atoms with E-state index in [1.54, 1.807) is 12.1 Å². The molecule has 1 aliphatic heterocycles. The summed E-state index contributed by atoms with van der Waals surface area (Å²) in [7, 11) is 0. The van der Waals surface area contributed by atoms with Crippen LogP contribution in [-0.2, 0) is 17.8 Å². The molecule has 0 saturated heterocycles. The molecule has 0 radical (unpaired) electrons. The lowest BCUT2D eigenvalue weighted by Gasteiger charge is -2.28. The molecule has 0 spiro atoms. The summed E-state index contributed by atoms with van der Waals surface area (Å²) in [5, 5.41) is 0.906. The topological polar surface area (TPSA) is 36.1 Å². The van der Waals surface area contributed by atoms with Crippen molar-refractivity contribution < 1.29 is 9.18 Å². The van der Waals surface area contributed by atoms with E-state index >= 15 is 0 Å². The number of benzene rings is 1. The van der Waals surface area contributed by atoms with Crippen LogP contribution in [0, 0.1) is 23.1 Å². The number of aromatic nitrogens is 1. The van der Waals surface area contributed by atoms with Gasteiger partial charge in [-0.15, -0.1) is 0 Å². The Morgan fingerprint density at radius 1 is 1.36 bits per heavy atom. The SMILES string of the molecule is CC(C)=CC1C(C(=O)N2CCc3[nH]c4ccc(F)cc4c3C2)C1(C)C. The summed E-state index contributed by atoms with van der Waals surface area (Å²) in [5.41, 5.74) is 4.46. The zero-order valence-corrected chi connectivity index (χ0v) is 15.3. The molecule has 1 N–H and O–H groups in total. The number of hydrogen-bond donors (Lipinski definition) is 1. The molecular formula is C21H25FN2O. The number of carbonyl (C=O) groups is 1. The molecule has 25 heavy (non-hydrogen) atoms. The fraction of sp³-hybridized carbons (Fsp3) is 0.476. The summed E-state index contributed by atoms with van der Waals surface area (Å²) in [6, 6.07) is 4.83. The lowest BCUT2D eigenvalue weighted by molar-refractivity contribution is -0.134. The summed E-state index contributed by atoms with van der Waals surface area (Å²) in [4.78, 5) is 18.5. The van der Waals surface area contributed by atoms with E-state index in [-0.39, 0.29) is 23.1 Å². The maximum atomic E-state index is 13.7. The van der Waals surface area contributed by atoms with Crippen LogP contribution < -0.4 is 0 Å². The van der Waals surface area contributed by atoms with E-state index < -0.39 is 0 Å². The number of nitrogens with zero attached hydrogens (tertiary/aromatic N) is 1. The van der Waals surface area contributed by atoms with Crippen molar-refractivity contribution in [2.75, 3.05) is 6.54 Å². The number of carbonyl (C=O) groups excluding carboxylic acids is 1. The monoisotopic (exact) mass is 340 g/mol. The van der Waals surface area contributed by atoms with Gasteiger partial charge >= 0.3 is 0 Å². The van der Waals surface area contributed by atoms with Crippen molar-refractivity contribution in [2.45, 2.75) is 40.7 Å². The molecule has 1 aliphatic carbocycles. The van der Waals surface area contributed by atoms with Crippen LogP contribution in [0.15, 0.2) is 29.8 Å². The van der Waals surface area contributed by atoms with Crippen molar-refractivity contribution in [1.29, 1.82) is 0 Å². The number of rotatable bonds is 2. The first kappa shape index (κ1) is 16.4. The average Bonchev–Trinajstić information content (AvgIpc) is 2.90. The lowest BCUT2D eigenvalue weighted by Crippen LogP contribution is -2.37. The minimum absolute atomic E-state index is 0.0287. The minimum atomic E-state index is -0.232. The molecule has 2 heterocycles. The van der Waals surface area contributed by atoms with E-state index in [0.717, 1.165) is 35.1 Å². The Balaban J connectivity index is 1.60. The molecule has 2 aromatic rings. The zero-order chi connectivity index (χ0) is 17.9. The maximum absolute atomic E-state index is 13.7. The van der Waals surface area contributed by atoms with E-state index in [9.17, 15) is 9.18 Å². The van der Waals surface area contributed by atoms with E-state index in [0.29, 0.717) is 12.5 Å². The minimum Gasteiger partial charge on any atom is -0.358 e. The summed E-state index contributed by atoms with van der Waals surface area (Å²) >= 11 is 0.